The molecule has 6 heteroatoms. The minimum Gasteiger partial charge on any atom is -0.340 e. The average molecular weight is 287 g/mol. The highest BCUT2D eigenvalue weighted by Crippen LogP contribution is 2.36. The van der Waals surface area contributed by atoms with E-state index >= 15 is 0 Å². The fraction of sp³-hybridized carbons (Fsp3) is 0.929. The summed E-state index contributed by atoms with van der Waals surface area (Å²) in [7, 11) is 0. The number of amides is 1. The van der Waals surface area contributed by atoms with Gasteiger partial charge in [-0.25, -0.2) is 8.78 Å². The van der Waals surface area contributed by atoms with Crippen molar-refractivity contribution < 1.29 is 13.6 Å². The maximum absolute atomic E-state index is 13.1. The minimum absolute atomic E-state index is 0.104. The maximum atomic E-state index is 13.1. The van der Waals surface area contributed by atoms with Crippen molar-refractivity contribution >= 4 is 5.91 Å². The zero-order valence-electron chi connectivity index (χ0n) is 11.8. The van der Waals surface area contributed by atoms with E-state index in [4.69, 9.17) is 0 Å². The van der Waals surface area contributed by atoms with Crippen LogP contribution in [-0.4, -0.2) is 66.9 Å². The summed E-state index contributed by atoms with van der Waals surface area (Å²) in [6.07, 6.45) is 0.436. The van der Waals surface area contributed by atoms with E-state index in [0.29, 0.717) is 18.9 Å². The van der Waals surface area contributed by atoms with Crippen LogP contribution < -0.4 is 5.32 Å². The van der Waals surface area contributed by atoms with Gasteiger partial charge in [0, 0.05) is 64.1 Å². The Kier molecular flexibility index (Phi) is 3.95. The molecule has 1 saturated carbocycles. The van der Waals surface area contributed by atoms with Gasteiger partial charge in [-0.3, -0.25) is 9.69 Å². The Morgan fingerprint density at radius 1 is 1.05 bits per heavy atom. The fourth-order valence-electron chi connectivity index (χ4n) is 3.38. The number of hydrogen-bond acceptors (Lipinski definition) is 3. The van der Waals surface area contributed by atoms with Gasteiger partial charge in [-0.05, 0) is 12.8 Å². The van der Waals surface area contributed by atoms with Gasteiger partial charge < -0.3 is 10.2 Å². The van der Waals surface area contributed by atoms with Crippen LogP contribution in [0.25, 0.3) is 0 Å². The summed E-state index contributed by atoms with van der Waals surface area (Å²) in [4.78, 5) is 16.7. The van der Waals surface area contributed by atoms with Gasteiger partial charge in [-0.1, -0.05) is 0 Å². The second-order valence-corrected chi connectivity index (χ2v) is 6.30. The summed E-state index contributed by atoms with van der Waals surface area (Å²) < 4.78 is 26.3. The molecule has 3 fully saturated rings. The Hall–Kier alpha value is -0.750. The quantitative estimate of drug-likeness (QED) is 0.820. The molecule has 1 N–H and O–H groups in total. The highest BCUT2D eigenvalue weighted by molar-refractivity contribution is 5.79. The van der Waals surface area contributed by atoms with Crippen LogP contribution in [0.1, 0.15) is 25.7 Å². The number of carbonyl (C=O) groups excluding carboxylic acids is 1. The summed E-state index contributed by atoms with van der Waals surface area (Å²) in [5.74, 6) is -2.62. The van der Waals surface area contributed by atoms with Crippen LogP contribution in [-0.2, 0) is 4.79 Å². The molecule has 3 rings (SSSR count). The molecule has 1 aliphatic carbocycles. The molecule has 20 heavy (non-hydrogen) atoms. The molecule has 2 saturated heterocycles. The standard InChI is InChI=1S/C14H23F2N3O/c15-14(16)3-1-11(2-4-14)13(20)19-7-5-18(6-8-19)12-9-17-10-12/h11-12,17H,1-10H2. The molecular formula is C14H23F2N3O. The van der Waals surface area contributed by atoms with E-state index in [-0.39, 0.29) is 24.7 Å². The van der Waals surface area contributed by atoms with Crippen molar-refractivity contribution in [2.75, 3.05) is 39.3 Å². The Morgan fingerprint density at radius 2 is 1.65 bits per heavy atom. The minimum atomic E-state index is -2.55. The van der Waals surface area contributed by atoms with Gasteiger partial charge in [0.15, 0.2) is 0 Å². The van der Waals surface area contributed by atoms with Gasteiger partial charge in [0.1, 0.15) is 0 Å². The third-order valence-corrected chi connectivity index (χ3v) is 4.97. The van der Waals surface area contributed by atoms with Crippen LogP contribution in [0, 0.1) is 5.92 Å². The topological polar surface area (TPSA) is 35.6 Å². The number of halogens is 2. The summed E-state index contributed by atoms with van der Waals surface area (Å²) in [5, 5.41) is 3.26. The van der Waals surface area contributed by atoms with Crippen LogP contribution in [0.2, 0.25) is 0 Å². The lowest BCUT2D eigenvalue weighted by atomic mass is 9.85. The van der Waals surface area contributed by atoms with Crippen molar-refractivity contribution in [3.05, 3.63) is 0 Å². The second kappa shape index (κ2) is 5.56. The van der Waals surface area contributed by atoms with E-state index in [9.17, 15) is 13.6 Å². The number of hydrogen-bond donors (Lipinski definition) is 1. The molecule has 0 radical (unpaired) electrons. The smallest absolute Gasteiger partial charge is 0.248 e. The SMILES string of the molecule is O=C(C1CCC(F)(F)CC1)N1CCN(C2CNC2)CC1. The van der Waals surface area contributed by atoms with Crippen LogP contribution in [0.4, 0.5) is 8.78 Å². The highest BCUT2D eigenvalue weighted by Gasteiger charge is 2.39. The maximum Gasteiger partial charge on any atom is 0.248 e. The number of carbonyl (C=O) groups is 1. The Morgan fingerprint density at radius 3 is 2.15 bits per heavy atom. The summed E-state index contributed by atoms with van der Waals surface area (Å²) in [6.45, 7) is 5.43. The van der Waals surface area contributed by atoms with Crippen LogP contribution in [0.5, 0.6) is 0 Å². The molecule has 0 spiro atoms. The molecule has 0 aromatic heterocycles. The number of piperazine rings is 1. The molecule has 0 atom stereocenters. The summed E-state index contributed by atoms with van der Waals surface area (Å²) in [5.41, 5.74) is 0. The fourth-order valence-corrected chi connectivity index (χ4v) is 3.38. The number of alkyl halides is 2. The van der Waals surface area contributed by atoms with Gasteiger partial charge in [-0.15, -0.1) is 0 Å². The van der Waals surface area contributed by atoms with E-state index in [2.05, 4.69) is 10.2 Å². The lowest BCUT2D eigenvalue weighted by Crippen LogP contribution is -2.62. The first kappa shape index (κ1) is 14.2. The first-order chi connectivity index (χ1) is 9.55. The first-order valence-electron chi connectivity index (χ1n) is 7.66. The molecule has 3 aliphatic rings. The zero-order valence-corrected chi connectivity index (χ0v) is 11.8. The normalized spacial score (nSPS) is 29.2. The molecule has 4 nitrogen and oxygen atoms in total. The zero-order chi connectivity index (χ0) is 14.2. The van der Waals surface area contributed by atoms with Gasteiger partial charge >= 0.3 is 0 Å². The Balaban J connectivity index is 1.46. The predicted molar refractivity (Wildman–Crippen MR) is 71.7 cm³/mol. The van der Waals surface area contributed by atoms with Crippen molar-refractivity contribution in [2.24, 2.45) is 5.92 Å². The molecular weight excluding hydrogens is 264 g/mol. The second-order valence-electron chi connectivity index (χ2n) is 6.30. The van der Waals surface area contributed by atoms with Gasteiger partial charge in [0.05, 0.1) is 0 Å². The van der Waals surface area contributed by atoms with Crippen molar-refractivity contribution in [1.82, 2.24) is 15.1 Å². The highest BCUT2D eigenvalue weighted by atomic mass is 19.3. The van der Waals surface area contributed by atoms with Crippen molar-refractivity contribution in [3.63, 3.8) is 0 Å². The summed E-state index contributed by atoms with van der Waals surface area (Å²) >= 11 is 0. The Labute approximate surface area is 118 Å². The third-order valence-electron chi connectivity index (χ3n) is 4.97. The van der Waals surface area contributed by atoms with Gasteiger partial charge in [0.2, 0.25) is 11.8 Å². The number of nitrogens with one attached hydrogen (secondary N) is 1. The van der Waals surface area contributed by atoms with Crippen LogP contribution in [0.15, 0.2) is 0 Å². The lowest BCUT2D eigenvalue weighted by Gasteiger charge is -2.44. The molecule has 2 aliphatic heterocycles. The van der Waals surface area contributed by atoms with E-state index in [1.165, 1.54) is 0 Å². The van der Waals surface area contributed by atoms with E-state index in [0.717, 1.165) is 39.3 Å². The van der Waals surface area contributed by atoms with Crippen molar-refractivity contribution in [3.8, 4) is 0 Å². The van der Waals surface area contributed by atoms with E-state index in [1.807, 2.05) is 4.90 Å². The lowest BCUT2D eigenvalue weighted by molar-refractivity contribution is -0.141. The largest absolute Gasteiger partial charge is 0.340 e. The van der Waals surface area contributed by atoms with E-state index < -0.39 is 5.92 Å². The van der Waals surface area contributed by atoms with Crippen LogP contribution in [0.3, 0.4) is 0 Å². The molecule has 2 heterocycles. The van der Waals surface area contributed by atoms with Crippen molar-refractivity contribution in [2.45, 2.75) is 37.6 Å². The van der Waals surface area contributed by atoms with Crippen LogP contribution >= 0.6 is 0 Å². The predicted octanol–water partition coefficient (Wildman–Crippen LogP) is 0.928. The monoisotopic (exact) mass is 287 g/mol. The van der Waals surface area contributed by atoms with Gasteiger partial charge in [0.25, 0.3) is 0 Å². The summed E-state index contributed by atoms with van der Waals surface area (Å²) in [6, 6.07) is 0.626. The number of rotatable bonds is 2. The number of nitrogens with zero attached hydrogens (tertiary/aromatic N) is 2. The Bertz CT molecular complexity index is 355. The van der Waals surface area contributed by atoms with E-state index in [1.54, 1.807) is 0 Å². The van der Waals surface area contributed by atoms with Crippen molar-refractivity contribution in [1.29, 1.82) is 0 Å². The average Bonchev–Trinajstić information content (AvgIpc) is 2.37. The molecule has 0 unspecified atom stereocenters. The molecule has 0 aromatic carbocycles. The molecule has 0 bridgehead atoms. The van der Waals surface area contributed by atoms with Gasteiger partial charge in [-0.2, -0.15) is 0 Å². The molecule has 0 aromatic rings. The molecule has 1 amide bonds. The first-order valence-corrected chi connectivity index (χ1v) is 7.66. The third kappa shape index (κ3) is 2.96. The molecule has 114 valence electrons.